The average Bonchev–Trinajstić information content (AvgIpc) is 3.21. The van der Waals surface area contributed by atoms with Gasteiger partial charge in [-0.2, -0.15) is 25.3 Å². The number of para-hydroxylation sites is 1. The van der Waals surface area contributed by atoms with E-state index in [-0.39, 0.29) is 128 Å². The monoisotopic (exact) mass is 954 g/mol. The van der Waals surface area contributed by atoms with Crippen molar-refractivity contribution in [3.05, 3.63) is 115 Å². The van der Waals surface area contributed by atoms with Gasteiger partial charge in [0.15, 0.2) is 11.5 Å². The van der Waals surface area contributed by atoms with E-state index >= 15 is 0 Å². The number of aromatic hydroxyl groups is 2. The van der Waals surface area contributed by atoms with Gasteiger partial charge in [-0.15, -0.1) is 20.5 Å². The number of anilines is 2. The Hall–Kier alpha value is -4.01. The summed E-state index contributed by atoms with van der Waals surface area (Å²) >= 11 is 0. The van der Waals surface area contributed by atoms with Crippen molar-refractivity contribution in [3.8, 4) is 34.1 Å². The Balaban J connectivity index is 0.00000299. The second-order valence-electron chi connectivity index (χ2n) is 13.1. The number of ether oxygens (including phenoxy) is 2. The van der Waals surface area contributed by atoms with E-state index < -0.39 is 67.9 Å². The average molecular weight is 955 g/mol. The van der Waals surface area contributed by atoms with E-state index in [0.29, 0.717) is 22.2 Å². The van der Waals surface area contributed by atoms with Gasteiger partial charge in [-0.3, -0.25) is 13.7 Å². The molecule has 0 heterocycles. The van der Waals surface area contributed by atoms with Crippen LogP contribution in [0.25, 0.3) is 32.7 Å². The largest absolute Gasteiger partial charge is 0.505 e. The van der Waals surface area contributed by atoms with Gasteiger partial charge >= 0.3 is 0 Å². The van der Waals surface area contributed by atoms with Gasteiger partial charge in [0.25, 0.3) is 30.4 Å². The van der Waals surface area contributed by atoms with E-state index in [2.05, 4.69) is 25.8 Å². The predicted molar refractivity (Wildman–Crippen MR) is 241 cm³/mol. The first-order valence-electron chi connectivity index (χ1n) is 17.4. The van der Waals surface area contributed by atoms with Crippen molar-refractivity contribution >= 4 is 175 Å². The van der Waals surface area contributed by atoms with E-state index in [0.717, 1.165) is 30.0 Å². The van der Waals surface area contributed by atoms with Crippen molar-refractivity contribution in [1.82, 2.24) is 0 Å². The SMILES string of the molecule is COc1cc(-c2ccc(N=Nc3c(O)c(S(=O)(=O)O)cc4cc(S(=O)(=O)O)ccc34)c(OC)c2)ccc1N=Nc1c(S(=O)(=O)O)cc2cc(Nc3ccccc3)ccc2c1O.[Na].[Na].[Na]. The number of methoxy groups -OCH3 is 2. The molecule has 0 atom stereocenters. The standard InChI is InChI=1S/C40H31N5O13S3.3Na/c1-57-33-18-22(8-14-31(33)42-44-37-29-13-11-28(59(48,49)50)17-25(29)21-36(40(37)47)61(54,55)56)23-9-15-32(34(19-23)58-2)43-45-38-35(60(51,52)53)20-24-16-27(10-12-30(24)39(38)46)41-26-6-4-3-5-7-26;;;/h3-21,41,46-47H,1-2H3,(H,48,49,50)(H,51,52,53)(H,54,55,56);;;. The minimum absolute atomic E-state index is 0. The van der Waals surface area contributed by atoms with Gasteiger partial charge in [-0.05, 0) is 101 Å². The van der Waals surface area contributed by atoms with Gasteiger partial charge in [-0.1, -0.05) is 36.4 Å². The van der Waals surface area contributed by atoms with Gasteiger partial charge < -0.3 is 25.0 Å². The molecule has 3 radical (unpaired) electrons. The summed E-state index contributed by atoms with van der Waals surface area (Å²) in [5.74, 6) is -1.19. The normalized spacial score (nSPS) is 11.8. The second-order valence-corrected chi connectivity index (χ2v) is 17.3. The van der Waals surface area contributed by atoms with Crippen molar-refractivity contribution in [2.45, 2.75) is 14.7 Å². The maximum atomic E-state index is 12.5. The van der Waals surface area contributed by atoms with Crippen LogP contribution in [0.1, 0.15) is 0 Å². The van der Waals surface area contributed by atoms with Crippen molar-refractivity contribution in [2.24, 2.45) is 20.5 Å². The van der Waals surface area contributed by atoms with Crippen molar-refractivity contribution < 1.29 is 58.6 Å². The van der Waals surface area contributed by atoms with Crippen LogP contribution >= 0.6 is 0 Å². The molecule has 24 heteroatoms. The van der Waals surface area contributed by atoms with E-state index in [1.807, 2.05) is 30.3 Å². The smallest absolute Gasteiger partial charge is 0.298 e. The van der Waals surface area contributed by atoms with Gasteiger partial charge in [0.05, 0.1) is 19.1 Å². The summed E-state index contributed by atoms with van der Waals surface area (Å²) < 4.78 is 113. The number of nitrogens with zero attached hydrogens (tertiary/aromatic N) is 4. The van der Waals surface area contributed by atoms with Gasteiger partial charge in [0.2, 0.25) is 0 Å². The van der Waals surface area contributed by atoms with E-state index in [9.17, 15) is 49.1 Å². The summed E-state index contributed by atoms with van der Waals surface area (Å²) in [7, 11) is -11.9. The number of hydrogen-bond donors (Lipinski definition) is 6. The number of fused-ring (bicyclic) bond motifs is 2. The number of azo groups is 2. The molecule has 0 aliphatic carbocycles. The van der Waals surface area contributed by atoms with Crippen molar-refractivity contribution in [2.75, 3.05) is 19.5 Å². The molecule has 0 aliphatic heterocycles. The Bertz CT molecular complexity index is 3330. The maximum absolute atomic E-state index is 12.5. The van der Waals surface area contributed by atoms with Gasteiger partial charge in [0, 0.05) is 111 Å². The number of hydrogen-bond acceptors (Lipinski definition) is 15. The summed E-state index contributed by atoms with van der Waals surface area (Å²) in [6, 6.07) is 28.5. The van der Waals surface area contributed by atoms with Gasteiger partial charge in [0.1, 0.15) is 44.0 Å². The Morgan fingerprint density at radius 2 is 1.00 bits per heavy atom. The second kappa shape index (κ2) is 21.1. The Morgan fingerprint density at radius 1 is 0.484 bits per heavy atom. The van der Waals surface area contributed by atoms with Crippen LogP contribution in [0.5, 0.6) is 23.0 Å². The number of phenols is 2. The molecule has 0 bridgehead atoms. The van der Waals surface area contributed by atoms with Crippen LogP contribution in [-0.4, -0.2) is 152 Å². The van der Waals surface area contributed by atoms with Crippen LogP contribution in [0.4, 0.5) is 34.1 Å². The van der Waals surface area contributed by atoms with Gasteiger partial charge in [-0.25, -0.2) is 0 Å². The van der Waals surface area contributed by atoms with Crippen LogP contribution in [0, 0.1) is 0 Å². The number of rotatable bonds is 12. The van der Waals surface area contributed by atoms with Crippen LogP contribution < -0.4 is 14.8 Å². The number of benzene rings is 7. The number of phenolic OH excluding ortho intramolecular Hbond substituents is 2. The molecule has 0 unspecified atom stereocenters. The number of nitrogens with one attached hydrogen (secondary N) is 1. The van der Waals surface area contributed by atoms with Crippen molar-refractivity contribution in [3.63, 3.8) is 0 Å². The zero-order valence-corrected chi connectivity index (χ0v) is 42.9. The predicted octanol–water partition coefficient (Wildman–Crippen LogP) is 8.26. The minimum atomic E-state index is -5.04. The van der Waals surface area contributed by atoms with Crippen LogP contribution in [-0.2, 0) is 30.4 Å². The first-order valence-corrected chi connectivity index (χ1v) is 21.7. The maximum Gasteiger partial charge on any atom is 0.298 e. The van der Waals surface area contributed by atoms with Crippen LogP contribution in [0.2, 0.25) is 0 Å². The molecule has 0 spiro atoms. The third-order valence-electron chi connectivity index (χ3n) is 9.20. The first kappa shape index (κ1) is 52.6. The first-order chi connectivity index (χ1) is 28.8. The molecule has 0 amide bonds. The van der Waals surface area contributed by atoms with E-state index in [4.69, 9.17) is 9.47 Å². The quantitative estimate of drug-likeness (QED) is 0.0382. The summed E-state index contributed by atoms with van der Waals surface area (Å²) in [4.78, 5) is -2.25. The molecular weight excluding hydrogens is 924 g/mol. The fraction of sp³-hybridized carbons (Fsp3) is 0.0500. The molecule has 0 saturated carbocycles. The Kier molecular flexibility index (Phi) is 17.3. The molecule has 6 N–H and O–H groups in total. The van der Waals surface area contributed by atoms with E-state index in [1.54, 1.807) is 42.5 Å². The van der Waals surface area contributed by atoms with Crippen molar-refractivity contribution in [1.29, 1.82) is 0 Å². The molecule has 0 aliphatic rings. The molecule has 64 heavy (non-hydrogen) atoms. The summed E-state index contributed by atoms with van der Waals surface area (Å²) in [6.07, 6.45) is 0. The summed E-state index contributed by atoms with van der Waals surface area (Å²) in [5.41, 5.74) is 1.74. The fourth-order valence-electron chi connectivity index (χ4n) is 6.29. The van der Waals surface area contributed by atoms with E-state index in [1.165, 1.54) is 32.4 Å². The molecule has 0 aromatic heterocycles. The van der Waals surface area contributed by atoms with Crippen LogP contribution in [0.3, 0.4) is 0 Å². The summed E-state index contributed by atoms with van der Waals surface area (Å²) in [6.45, 7) is 0. The Labute approximate surface area is 432 Å². The third-order valence-corrected chi connectivity index (χ3v) is 11.8. The molecule has 7 rings (SSSR count). The molecule has 315 valence electrons. The topological polar surface area (TPSA) is 284 Å². The zero-order valence-electron chi connectivity index (χ0n) is 34.5. The molecule has 7 aromatic carbocycles. The third kappa shape index (κ3) is 11.5. The minimum Gasteiger partial charge on any atom is -0.505 e. The zero-order chi connectivity index (χ0) is 43.9. The molecule has 7 aromatic rings. The molecule has 0 saturated heterocycles. The fourth-order valence-corrected chi connectivity index (χ4v) is 8.08. The molecular formula is C40H31N5Na3O13S3. The summed E-state index contributed by atoms with van der Waals surface area (Å²) in [5, 5.41) is 42.0. The Morgan fingerprint density at radius 3 is 1.53 bits per heavy atom. The molecule has 18 nitrogen and oxygen atoms in total. The molecule has 0 fully saturated rings. The van der Waals surface area contributed by atoms with Crippen LogP contribution in [0.15, 0.2) is 150 Å².